The number of fused-ring (bicyclic) bond motifs is 6. The van der Waals surface area contributed by atoms with Crippen LogP contribution in [0.5, 0.6) is 0 Å². The van der Waals surface area contributed by atoms with Crippen LogP contribution in [0.1, 0.15) is 167 Å². The second-order valence-electron chi connectivity index (χ2n) is 34.7. The molecular formula is C94H134N12O21. The predicted octanol–water partition coefficient (Wildman–Crippen LogP) is 10.1. The van der Waals surface area contributed by atoms with Gasteiger partial charge in [0, 0.05) is 89.9 Å². The van der Waals surface area contributed by atoms with Gasteiger partial charge in [-0.25, -0.2) is 24.1 Å². The van der Waals surface area contributed by atoms with E-state index >= 15 is 0 Å². The lowest BCUT2D eigenvalue weighted by molar-refractivity contribution is -0.265. The number of allylic oxidation sites excluding steroid dienone is 6. The minimum Gasteiger partial charge on any atom is -0.460 e. The number of cyclic esters (lactones) is 1. The first-order valence-electron chi connectivity index (χ1n) is 45.3. The van der Waals surface area contributed by atoms with Crippen molar-refractivity contribution in [2.45, 2.75) is 232 Å². The zero-order valence-electron chi connectivity index (χ0n) is 75.7. The number of ketones is 3. The number of anilines is 2. The molecule has 1 saturated carbocycles. The normalized spacial score (nSPS) is 27.1. The van der Waals surface area contributed by atoms with E-state index in [0.29, 0.717) is 203 Å². The molecule has 4 aromatic heterocycles. The fourth-order valence-electron chi connectivity index (χ4n) is 17.7. The zero-order valence-corrected chi connectivity index (χ0v) is 75.7. The van der Waals surface area contributed by atoms with Gasteiger partial charge in [-0.3, -0.25) is 24.0 Å². The number of oxazole rings is 1. The number of aromatic nitrogens is 8. The number of rotatable bonds is 36. The Morgan fingerprint density at radius 2 is 1.47 bits per heavy atom. The average Bonchev–Trinajstić information content (AvgIpc) is 1.75. The monoisotopic (exact) mass is 1770 g/mol. The van der Waals surface area contributed by atoms with E-state index in [1.807, 2.05) is 86.0 Å². The molecule has 0 spiro atoms. The van der Waals surface area contributed by atoms with Crippen LogP contribution in [0.15, 0.2) is 101 Å². The van der Waals surface area contributed by atoms with Gasteiger partial charge in [0.25, 0.3) is 17.7 Å². The van der Waals surface area contributed by atoms with Crippen molar-refractivity contribution >= 4 is 69.1 Å². The van der Waals surface area contributed by atoms with Gasteiger partial charge >= 0.3 is 5.97 Å². The topological polar surface area (TPSA) is 412 Å². The number of aryl methyl sites for hydroxylation is 1. The molecule has 1 unspecified atom stereocenters. The molecule has 15 atom stereocenters. The summed E-state index contributed by atoms with van der Waals surface area (Å²) in [5, 5.41) is 38.1. The van der Waals surface area contributed by atoms with Gasteiger partial charge in [0.15, 0.2) is 17.0 Å². The summed E-state index contributed by atoms with van der Waals surface area (Å²) in [6, 6.07) is 10.8. The van der Waals surface area contributed by atoms with Gasteiger partial charge in [-0.2, -0.15) is 10.1 Å². The molecule has 8 heterocycles. The Bertz CT molecular complexity index is 4700. The van der Waals surface area contributed by atoms with Crippen molar-refractivity contribution in [2.75, 3.05) is 132 Å². The van der Waals surface area contributed by atoms with Gasteiger partial charge in [-0.05, 0) is 168 Å². The number of methoxy groups -OCH3 is 3. The van der Waals surface area contributed by atoms with E-state index < -0.39 is 77.8 Å². The molecule has 11 rings (SSSR count). The fraction of sp³-hybridized carbons (Fsp3) is 0.638. The van der Waals surface area contributed by atoms with Gasteiger partial charge < -0.3 is 92.7 Å². The summed E-state index contributed by atoms with van der Waals surface area (Å²) in [6.45, 7) is 20.4. The van der Waals surface area contributed by atoms with E-state index in [0.717, 1.165) is 66.5 Å². The maximum atomic E-state index is 14.8. The maximum absolute atomic E-state index is 14.8. The summed E-state index contributed by atoms with van der Waals surface area (Å²) in [5.41, 5.74) is 20.9. The summed E-state index contributed by atoms with van der Waals surface area (Å²) in [7, 11) is 4.65. The summed E-state index contributed by atoms with van der Waals surface area (Å²) in [6.07, 6.45) is 18.6. The number of amides is 2. The number of aliphatic hydroxyl groups is 2. The number of hydrogen-bond acceptors (Lipinski definition) is 29. The lowest BCUT2D eigenvalue weighted by Crippen LogP contribution is -2.61. The summed E-state index contributed by atoms with van der Waals surface area (Å²) in [4.78, 5) is 102. The Morgan fingerprint density at radius 1 is 0.740 bits per heavy atom. The molecule has 696 valence electrons. The van der Waals surface area contributed by atoms with Crippen LogP contribution in [-0.2, 0) is 118 Å². The number of piperidine rings is 1. The van der Waals surface area contributed by atoms with Gasteiger partial charge in [-0.1, -0.05) is 94.5 Å². The highest BCUT2D eigenvalue weighted by Crippen LogP contribution is 2.40. The maximum Gasteiger partial charge on any atom is 0.329 e. The van der Waals surface area contributed by atoms with Crippen LogP contribution in [0.4, 0.5) is 11.8 Å². The standard InChI is InChI=1S/C94H134N12O21/c1-60-18-12-11-13-19-61(2)79(115-8)54-73-27-22-66(7)94(114,127-73)88(111)91(112)105-32-16-14-21-75(105)92(113)125-80(55-76(107)62(3)49-65(6)86(110)87(117-10)85(109)64(5)48-60)63(4)50-67-24-28-78(81(52-67)116-9)124-35-17-15-20-72-58-104(102-100-72)34-37-119-39-41-121-43-45-123-47-46-122-44-42-120-40-38-118-36-31-82(108)103-33-30-69-51-68(23-25-71(69)57-103)56-106-90-83(89(95)97-59-98-90)84(101-106)70-26-29-77-74(53-70)99-93(96)126-77/h11-13,18-19,23,25-26,29,49,51,53,58-60,62-64,66-67,73,75,78-81,86-87,110,114H,14-17,20-22,24,27-28,30-48,50,52,54-57H2,1-10H3,(H2,96,99)(H2,95,97,98)/b13-11+,18-12+,61-19+,65-49+/t60?,62-,63-,64-,66-,67+,73+,75+,78-,79+,80+,81-,86-,87+,94-/m1/s1. The zero-order chi connectivity index (χ0) is 90.5. The average molecular weight is 1770 g/mol. The van der Waals surface area contributed by atoms with Crippen molar-refractivity contribution < 1.29 is 100 Å². The van der Waals surface area contributed by atoms with E-state index in [2.05, 4.69) is 43.5 Å². The Labute approximate surface area is 744 Å². The van der Waals surface area contributed by atoms with Gasteiger partial charge in [0.2, 0.25) is 11.7 Å². The van der Waals surface area contributed by atoms with Crippen LogP contribution in [0.2, 0.25) is 0 Å². The molecule has 2 aromatic carbocycles. The van der Waals surface area contributed by atoms with Gasteiger partial charge in [-0.15, -0.1) is 5.10 Å². The predicted molar refractivity (Wildman–Crippen MR) is 473 cm³/mol. The molecule has 2 bridgehead atoms. The molecule has 4 aliphatic heterocycles. The molecule has 33 heteroatoms. The van der Waals surface area contributed by atoms with E-state index in [1.54, 1.807) is 51.8 Å². The Hall–Kier alpha value is -8.94. The number of nitrogen functional groups attached to an aromatic ring is 2. The molecule has 3 fully saturated rings. The largest absolute Gasteiger partial charge is 0.460 e. The molecule has 0 radical (unpaired) electrons. The number of carbonyl (C=O) groups excluding carboxylic acids is 6. The number of ether oxygens (including phenoxy) is 12. The third kappa shape index (κ3) is 27.8. The number of nitrogens with zero attached hydrogens (tertiary/aromatic N) is 10. The van der Waals surface area contributed by atoms with Crippen molar-refractivity contribution in [3.8, 4) is 11.3 Å². The molecule has 6 aromatic rings. The number of carbonyl (C=O) groups is 6. The number of unbranched alkanes of at least 4 members (excludes halogenated alkanes) is 1. The first kappa shape index (κ1) is 98.6. The fourth-order valence-corrected chi connectivity index (χ4v) is 17.7. The summed E-state index contributed by atoms with van der Waals surface area (Å²) >= 11 is 0. The molecule has 2 saturated heterocycles. The summed E-state index contributed by atoms with van der Waals surface area (Å²) < 4.78 is 80.1. The number of esters is 1. The van der Waals surface area contributed by atoms with Crippen molar-refractivity contribution in [2.24, 2.45) is 35.5 Å². The Morgan fingerprint density at radius 3 is 2.20 bits per heavy atom. The molecule has 127 heavy (non-hydrogen) atoms. The second kappa shape index (κ2) is 49.2. The first-order valence-corrected chi connectivity index (χ1v) is 45.3. The quantitative estimate of drug-likeness (QED) is 0.0123. The lowest BCUT2D eigenvalue weighted by Gasteiger charge is -2.42. The Kier molecular flexibility index (Phi) is 38.2. The van der Waals surface area contributed by atoms with Crippen LogP contribution < -0.4 is 11.5 Å². The third-order valence-corrected chi connectivity index (χ3v) is 25.2. The van der Waals surface area contributed by atoms with Crippen LogP contribution in [0.3, 0.4) is 0 Å². The molecule has 5 aliphatic rings. The van der Waals surface area contributed by atoms with Gasteiger partial charge in [0.05, 0.1) is 134 Å². The van der Waals surface area contributed by atoms with Crippen molar-refractivity contribution in [1.29, 1.82) is 0 Å². The highest BCUT2D eigenvalue weighted by Gasteiger charge is 2.53. The highest BCUT2D eigenvalue weighted by atomic mass is 16.6. The Balaban J connectivity index is 0.533. The van der Waals surface area contributed by atoms with E-state index in [9.17, 15) is 39.0 Å². The third-order valence-electron chi connectivity index (χ3n) is 25.2. The molecular weight excluding hydrogens is 1630 g/mol. The van der Waals surface area contributed by atoms with Gasteiger partial charge in [0.1, 0.15) is 53.5 Å². The summed E-state index contributed by atoms with van der Waals surface area (Å²) in [5.74, 6) is -7.81. The number of Topliss-reactive ketones (excluding diaryl/α,β-unsaturated/α-hetero) is 3. The van der Waals surface area contributed by atoms with E-state index in [4.69, 9.17) is 77.8 Å². The van der Waals surface area contributed by atoms with Crippen LogP contribution >= 0.6 is 0 Å². The lowest BCUT2D eigenvalue weighted by atomic mass is 9.78. The highest BCUT2D eigenvalue weighted by molar-refractivity contribution is 6.39. The molecule has 6 N–H and O–H groups in total. The minimum atomic E-state index is -2.46. The van der Waals surface area contributed by atoms with Crippen LogP contribution in [0.25, 0.3) is 33.4 Å². The molecule has 33 nitrogen and oxygen atoms in total. The number of aliphatic hydroxyl groups excluding tert-OH is 1. The SMILES string of the molecule is CO[C@H]1C[C@@H]2CC[C@@H](C)[C@@](O)(O2)C(=O)C(=O)N2CCCC[C@H]2C(=O)O[C@H]([C@H](C)C[C@@H]2CC[C@@H](OCCCCc3cn(CCOCCOCCOCCOCCOCCOCCC(=O)N4CCc5cc(Cn6nc(-c7ccc8oc(N)nc8c7)c7c(N)ncnc76)ccc5C4)nn3)[C@H](OC)C2)CC(=O)[C@H](C)/C=C(\C)[C@@H](O)[C@@H](OC)C(=O)[C@H](C)CC(C)/C=C/C=C/C=C/1C. The molecule has 2 amide bonds. The van der Waals surface area contributed by atoms with Crippen molar-refractivity contribution in [1.82, 2.24) is 49.5 Å². The van der Waals surface area contributed by atoms with Crippen LogP contribution in [-0.4, -0.2) is 270 Å². The second-order valence-corrected chi connectivity index (χ2v) is 34.7. The van der Waals surface area contributed by atoms with Crippen molar-refractivity contribution in [3.63, 3.8) is 0 Å². The minimum absolute atomic E-state index is 0.00529. The van der Waals surface area contributed by atoms with Crippen molar-refractivity contribution in [3.05, 3.63) is 119 Å². The van der Waals surface area contributed by atoms with Crippen LogP contribution in [0, 0.1) is 35.5 Å². The molecule has 1 aliphatic carbocycles. The first-order chi connectivity index (χ1) is 61.3. The smallest absolute Gasteiger partial charge is 0.329 e. The number of nitrogens with two attached hydrogens (primary N) is 2. The van der Waals surface area contributed by atoms with E-state index in [-0.39, 0.29) is 79.3 Å². The van der Waals surface area contributed by atoms with E-state index in [1.165, 1.54) is 23.9 Å². The number of benzene rings is 2. The number of hydrogen-bond donors (Lipinski definition) is 4.